The Bertz CT molecular complexity index is 445. The number of nitrogens with zero attached hydrogens (tertiary/aromatic N) is 1. The molecule has 0 fully saturated rings. The first-order chi connectivity index (χ1) is 9.11. The van der Waals surface area contributed by atoms with Gasteiger partial charge in [0.25, 0.3) is 0 Å². The van der Waals surface area contributed by atoms with E-state index in [1.165, 1.54) is 4.90 Å². The maximum Gasteiger partial charge on any atom is 0.405 e. The Kier molecular flexibility index (Phi) is 5.14. The van der Waals surface area contributed by atoms with Crippen LogP contribution in [-0.2, 0) is 0 Å². The second-order valence-electron chi connectivity index (χ2n) is 5.19. The van der Waals surface area contributed by atoms with E-state index in [1.54, 1.807) is 32.0 Å². The molecule has 0 aliphatic heterocycles. The third kappa shape index (κ3) is 4.51. The molecule has 0 heterocycles. The number of benzene rings is 1. The van der Waals surface area contributed by atoms with Gasteiger partial charge in [-0.1, -0.05) is 6.07 Å². The van der Waals surface area contributed by atoms with Crippen LogP contribution in [0.1, 0.15) is 27.7 Å². The van der Waals surface area contributed by atoms with Gasteiger partial charge in [-0.3, -0.25) is 0 Å². The molecule has 1 aromatic carbocycles. The third-order valence-corrected chi connectivity index (χ3v) is 2.69. The first kappa shape index (κ1) is 16.5. The summed E-state index contributed by atoms with van der Waals surface area (Å²) < 4.78 is 43.6. The quantitative estimate of drug-likeness (QED) is 0.837. The minimum atomic E-state index is -4.29. The standard InChI is InChI=1S/C14H21F3N2O/c1-9(2)19(8-14(15,16)17)11-6-5-7-12(13(11)18)20-10(3)4/h5-7,9-10H,8,18H2,1-4H3. The van der Waals surface area contributed by atoms with E-state index >= 15 is 0 Å². The number of anilines is 2. The van der Waals surface area contributed by atoms with E-state index in [9.17, 15) is 13.2 Å². The summed E-state index contributed by atoms with van der Waals surface area (Å²) in [5.74, 6) is 0.408. The van der Waals surface area contributed by atoms with E-state index in [2.05, 4.69) is 0 Å². The molecule has 0 aliphatic carbocycles. The summed E-state index contributed by atoms with van der Waals surface area (Å²) in [5.41, 5.74) is 6.53. The van der Waals surface area contributed by atoms with Gasteiger partial charge in [-0.05, 0) is 39.8 Å². The van der Waals surface area contributed by atoms with Gasteiger partial charge in [-0.25, -0.2) is 0 Å². The molecular weight excluding hydrogens is 269 g/mol. The monoisotopic (exact) mass is 290 g/mol. The van der Waals surface area contributed by atoms with Gasteiger partial charge in [0.1, 0.15) is 12.3 Å². The van der Waals surface area contributed by atoms with Crippen molar-refractivity contribution in [1.82, 2.24) is 0 Å². The highest BCUT2D eigenvalue weighted by molar-refractivity contribution is 5.74. The molecule has 0 radical (unpaired) electrons. The topological polar surface area (TPSA) is 38.5 Å². The molecule has 0 aliphatic rings. The Morgan fingerprint density at radius 1 is 1.20 bits per heavy atom. The maximum atomic E-state index is 12.7. The normalized spacial score (nSPS) is 12.1. The molecule has 1 rings (SSSR count). The fourth-order valence-corrected chi connectivity index (χ4v) is 1.88. The number of ether oxygens (including phenoxy) is 1. The smallest absolute Gasteiger partial charge is 0.405 e. The van der Waals surface area contributed by atoms with Crippen LogP contribution in [0.3, 0.4) is 0 Å². The van der Waals surface area contributed by atoms with Gasteiger partial charge in [0.15, 0.2) is 0 Å². The molecule has 0 aromatic heterocycles. The van der Waals surface area contributed by atoms with Crippen molar-refractivity contribution >= 4 is 11.4 Å². The van der Waals surface area contributed by atoms with E-state index in [4.69, 9.17) is 10.5 Å². The first-order valence-electron chi connectivity index (χ1n) is 6.50. The molecule has 0 atom stereocenters. The van der Waals surface area contributed by atoms with Crippen molar-refractivity contribution in [3.05, 3.63) is 18.2 Å². The lowest BCUT2D eigenvalue weighted by atomic mass is 10.2. The van der Waals surface area contributed by atoms with E-state index in [1.807, 2.05) is 13.8 Å². The molecule has 0 saturated carbocycles. The zero-order chi connectivity index (χ0) is 15.5. The van der Waals surface area contributed by atoms with Crippen LogP contribution in [0.4, 0.5) is 24.5 Å². The highest BCUT2D eigenvalue weighted by Crippen LogP contribution is 2.35. The molecule has 0 saturated heterocycles. The number of hydrogen-bond donors (Lipinski definition) is 1. The van der Waals surface area contributed by atoms with Crippen molar-refractivity contribution in [2.24, 2.45) is 0 Å². The molecule has 1 aromatic rings. The second-order valence-corrected chi connectivity index (χ2v) is 5.19. The molecule has 3 nitrogen and oxygen atoms in total. The number of para-hydroxylation sites is 1. The van der Waals surface area contributed by atoms with Crippen molar-refractivity contribution in [3.8, 4) is 5.75 Å². The van der Waals surface area contributed by atoms with Crippen LogP contribution in [0.5, 0.6) is 5.75 Å². The molecule has 114 valence electrons. The van der Waals surface area contributed by atoms with Crippen molar-refractivity contribution in [1.29, 1.82) is 0 Å². The summed E-state index contributed by atoms with van der Waals surface area (Å²) in [6, 6.07) is 4.56. The third-order valence-electron chi connectivity index (χ3n) is 2.69. The molecule has 2 N–H and O–H groups in total. The van der Waals surface area contributed by atoms with Gasteiger partial charge in [0, 0.05) is 6.04 Å². The summed E-state index contributed by atoms with van der Waals surface area (Å²) in [7, 11) is 0. The van der Waals surface area contributed by atoms with Gasteiger partial charge in [0.2, 0.25) is 0 Å². The zero-order valence-electron chi connectivity index (χ0n) is 12.2. The summed E-state index contributed by atoms with van der Waals surface area (Å²) in [4.78, 5) is 1.22. The average molecular weight is 290 g/mol. The highest BCUT2D eigenvalue weighted by atomic mass is 19.4. The first-order valence-corrected chi connectivity index (χ1v) is 6.50. The Labute approximate surface area is 117 Å². The lowest BCUT2D eigenvalue weighted by Gasteiger charge is -2.31. The van der Waals surface area contributed by atoms with Crippen LogP contribution in [0.15, 0.2) is 18.2 Å². The van der Waals surface area contributed by atoms with E-state index in [-0.39, 0.29) is 17.8 Å². The predicted octanol–water partition coefficient (Wildman–Crippen LogP) is 3.83. The van der Waals surface area contributed by atoms with Crippen LogP contribution >= 0.6 is 0 Å². The predicted molar refractivity (Wildman–Crippen MR) is 75.2 cm³/mol. The number of hydrogen-bond acceptors (Lipinski definition) is 3. The fourth-order valence-electron chi connectivity index (χ4n) is 1.88. The van der Waals surface area contributed by atoms with Gasteiger partial charge in [0.05, 0.1) is 17.5 Å². The van der Waals surface area contributed by atoms with E-state index in [0.717, 1.165) is 0 Å². The number of nitrogen functional groups attached to an aromatic ring is 1. The summed E-state index contributed by atoms with van der Waals surface area (Å²) in [6.45, 7) is 6.02. The SMILES string of the molecule is CC(C)Oc1cccc(N(CC(F)(F)F)C(C)C)c1N. The van der Waals surface area contributed by atoms with Gasteiger partial charge in [-0.15, -0.1) is 0 Å². The van der Waals surface area contributed by atoms with Crippen molar-refractivity contribution in [2.75, 3.05) is 17.2 Å². The number of alkyl halides is 3. The van der Waals surface area contributed by atoms with E-state index in [0.29, 0.717) is 11.4 Å². The van der Waals surface area contributed by atoms with Crippen molar-refractivity contribution < 1.29 is 17.9 Å². The largest absolute Gasteiger partial charge is 0.489 e. The Morgan fingerprint density at radius 2 is 1.80 bits per heavy atom. The molecule has 6 heteroatoms. The Balaban J connectivity index is 3.14. The van der Waals surface area contributed by atoms with Crippen LogP contribution in [-0.4, -0.2) is 24.9 Å². The number of nitrogens with two attached hydrogens (primary N) is 1. The lowest BCUT2D eigenvalue weighted by molar-refractivity contribution is -0.120. The molecule has 0 unspecified atom stereocenters. The Hall–Kier alpha value is -1.59. The molecule has 0 spiro atoms. The maximum absolute atomic E-state index is 12.7. The average Bonchev–Trinajstić information content (AvgIpc) is 2.27. The fraction of sp³-hybridized carbons (Fsp3) is 0.571. The highest BCUT2D eigenvalue weighted by Gasteiger charge is 2.33. The summed E-state index contributed by atoms with van der Waals surface area (Å²) >= 11 is 0. The Morgan fingerprint density at radius 3 is 2.25 bits per heavy atom. The van der Waals surface area contributed by atoms with Crippen molar-refractivity contribution in [2.45, 2.75) is 46.0 Å². The summed E-state index contributed by atoms with van der Waals surface area (Å²) in [6.07, 6.45) is -4.38. The van der Waals surface area contributed by atoms with Crippen LogP contribution in [0.2, 0.25) is 0 Å². The number of rotatable bonds is 5. The molecule has 0 amide bonds. The molecule has 0 bridgehead atoms. The minimum Gasteiger partial charge on any atom is -0.489 e. The van der Waals surface area contributed by atoms with E-state index < -0.39 is 12.7 Å². The molecule has 20 heavy (non-hydrogen) atoms. The van der Waals surface area contributed by atoms with Crippen LogP contribution < -0.4 is 15.4 Å². The zero-order valence-corrected chi connectivity index (χ0v) is 12.2. The summed E-state index contributed by atoms with van der Waals surface area (Å²) in [5, 5.41) is 0. The van der Waals surface area contributed by atoms with Gasteiger partial charge in [-0.2, -0.15) is 13.2 Å². The van der Waals surface area contributed by atoms with Crippen LogP contribution in [0.25, 0.3) is 0 Å². The van der Waals surface area contributed by atoms with Gasteiger partial charge >= 0.3 is 6.18 Å². The number of halogens is 3. The minimum absolute atomic E-state index is 0.0948. The van der Waals surface area contributed by atoms with Crippen molar-refractivity contribution in [3.63, 3.8) is 0 Å². The van der Waals surface area contributed by atoms with Crippen LogP contribution in [0, 0.1) is 0 Å². The second kappa shape index (κ2) is 6.24. The van der Waals surface area contributed by atoms with Gasteiger partial charge < -0.3 is 15.4 Å². The lowest BCUT2D eigenvalue weighted by Crippen LogP contribution is -2.39. The molecular formula is C14H21F3N2O.